The van der Waals surface area contributed by atoms with Crippen LogP contribution in [0.25, 0.3) is 0 Å². The predicted octanol–water partition coefficient (Wildman–Crippen LogP) is 1.86. The van der Waals surface area contributed by atoms with Crippen molar-refractivity contribution >= 4 is 5.95 Å². The van der Waals surface area contributed by atoms with Crippen molar-refractivity contribution < 1.29 is 0 Å². The molecule has 1 aliphatic rings. The van der Waals surface area contributed by atoms with Gasteiger partial charge in [0, 0.05) is 26.0 Å². The topological polar surface area (TPSA) is 41.1 Å². The average molecular weight is 248 g/mol. The second-order valence-corrected chi connectivity index (χ2v) is 5.21. The van der Waals surface area contributed by atoms with Crippen molar-refractivity contribution in [1.82, 2.24) is 15.3 Å². The van der Waals surface area contributed by atoms with Gasteiger partial charge in [0.1, 0.15) is 0 Å². The fourth-order valence-electron chi connectivity index (χ4n) is 2.40. The minimum Gasteiger partial charge on any atom is -0.344 e. The maximum absolute atomic E-state index is 4.44. The fourth-order valence-corrected chi connectivity index (χ4v) is 2.40. The van der Waals surface area contributed by atoms with Gasteiger partial charge in [0.15, 0.2) is 0 Å². The zero-order valence-corrected chi connectivity index (χ0v) is 11.5. The second kappa shape index (κ2) is 6.69. The first-order chi connectivity index (χ1) is 8.79. The smallest absolute Gasteiger partial charge is 0.224 e. The molecule has 2 rings (SSSR count). The number of anilines is 1. The Morgan fingerprint density at radius 2 is 2.17 bits per heavy atom. The molecule has 0 spiro atoms. The van der Waals surface area contributed by atoms with Gasteiger partial charge in [-0.2, -0.15) is 0 Å². The van der Waals surface area contributed by atoms with E-state index in [9.17, 15) is 0 Å². The van der Waals surface area contributed by atoms with Gasteiger partial charge in [0.25, 0.3) is 0 Å². The number of aromatic nitrogens is 2. The van der Waals surface area contributed by atoms with E-state index in [1.165, 1.54) is 31.5 Å². The second-order valence-electron chi connectivity index (χ2n) is 5.21. The van der Waals surface area contributed by atoms with Crippen LogP contribution in [0.2, 0.25) is 0 Å². The van der Waals surface area contributed by atoms with E-state index in [4.69, 9.17) is 0 Å². The number of rotatable bonds is 6. The van der Waals surface area contributed by atoms with E-state index >= 15 is 0 Å². The van der Waals surface area contributed by atoms with Gasteiger partial charge < -0.3 is 10.2 Å². The van der Waals surface area contributed by atoms with Gasteiger partial charge in [0.2, 0.25) is 5.95 Å². The molecular weight excluding hydrogens is 224 g/mol. The molecule has 0 aromatic carbocycles. The highest BCUT2D eigenvalue weighted by atomic mass is 15.2. The molecular formula is C14H24N4. The first-order valence-corrected chi connectivity index (χ1v) is 7.02. The van der Waals surface area contributed by atoms with Gasteiger partial charge in [-0.05, 0) is 43.8 Å². The van der Waals surface area contributed by atoms with E-state index in [-0.39, 0.29) is 0 Å². The molecule has 4 nitrogen and oxygen atoms in total. The van der Waals surface area contributed by atoms with Crippen LogP contribution < -0.4 is 10.2 Å². The molecule has 0 bridgehead atoms. The van der Waals surface area contributed by atoms with Crippen LogP contribution in [0.4, 0.5) is 5.95 Å². The summed E-state index contributed by atoms with van der Waals surface area (Å²) in [5.74, 6) is 1.67. The maximum atomic E-state index is 4.44. The molecule has 0 aliphatic carbocycles. The normalized spacial score (nSPS) is 19.1. The Labute approximate surface area is 110 Å². The van der Waals surface area contributed by atoms with Crippen LogP contribution in [0, 0.1) is 5.92 Å². The first kappa shape index (κ1) is 13.3. The van der Waals surface area contributed by atoms with E-state index in [0.29, 0.717) is 0 Å². The maximum Gasteiger partial charge on any atom is 0.224 e. The summed E-state index contributed by atoms with van der Waals surface area (Å²) in [6.07, 6.45) is 8.66. The summed E-state index contributed by atoms with van der Waals surface area (Å²) in [7, 11) is 2.08. The van der Waals surface area contributed by atoms with E-state index in [0.717, 1.165) is 31.3 Å². The minimum atomic E-state index is 0.826. The summed E-state index contributed by atoms with van der Waals surface area (Å²) in [5, 5.41) is 3.41. The number of aryl methyl sites for hydroxylation is 1. The van der Waals surface area contributed by atoms with Crippen molar-refractivity contribution in [1.29, 1.82) is 0 Å². The van der Waals surface area contributed by atoms with E-state index in [1.807, 2.05) is 12.4 Å². The summed E-state index contributed by atoms with van der Waals surface area (Å²) in [5.41, 5.74) is 1.23. The molecule has 1 fully saturated rings. The number of nitrogens with one attached hydrogen (secondary N) is 1. The zero-order valence-electron chi connectivity index (χ0n) is 11.5. The quantitative estimate of drug-likeness (QED) is 0.834. The van der Waals surface area contributed by atoms with Crippen molar-refractivity contribution in [2.24, 2.45) is 5.92 Å². The van der Waals surface area contributed by atoms with Crippen LogP contribution >= 0.6 is 0 Å². The van der Waals surface area contributed by atoms with Crippen LogP contribution in [-0.4, -0.2) is 36.6 Å². The average Bonchev–Trinajstić information content (AvgIpc) is 2.90. The number of nitrogens with zero attached hydrogens (tertiary/aromatic N) is 3. The van der Waals surface area contributed by atoms with Crippen molar-refractivity contribution in [3.05, 3.63) is 18.0 Å². The van der Waals surface area contributed by atoms with E-state index < -0.39 is 0 Å². The van der Waals surface area contributed by atoms with Crippen molar-refractivity contribution in [2.45, 2.75) is 32.6 Å². The number of hydrogen-bond acceptors (Lipinski definition) is 4. The molecule has 1 unspecified atom stereocenters. The van der Waals surface area contributed by atoms with Gasteiger partial charge in [-0.25, -0.2) is 9.97 Å². The molecule has 1 saturated heterocycles. The molecule has 18 heavy (non-hydrogen) atoms. The minimum absolute atomic E-state index is 0.826. The Morgan fingerprint density at radius 1 is 1.39 bits per heavy atom. The van der Waals surface area contributed by atoms with Gasteiger partial charge in [-0.1, -0.05) is 13.3 Å². The van der Waals surface area contributed by atoms with Gasteiger partial charge in [0.05, 0.1) is 0 Å². The third-order valence-electron chi connectivity index (χ3n) is 3.61. The number of hydrogen-bond donors (Lipinski definition) is 1. The van der Waals surface area contributed by atoms with Crippen molar-refractivity contribution in [2.75, 3.05) is 31.6 Å². The summed E-state index contributed by atoms with van der Waals surface area (Å²) < 4.78 is 0. The molecule has 1 aromatic rings. The Morgan fingerprint density at radius 3 is 2.78 bits per heavy atom. The summed E-state index contributed by atoms with van der Waals surface area (Å²) >= 11 is 0. The molecule has 2 heterocycles. The molecule has 1 atom stereocenters. The SMILES string of the molecule is CCCc1cnc(N(C)CCC2CCNC2)nc1. The van der Waals surface area contributed by atoms with Crippen molar-refractivity contribution in [3.63, 3.8) is 0 Å². The Balaban J connectivity index is 1.81. The first-order valence-electron chi connectivity index (χ1n) is 7.02. The van der Waals surface area contributed by atoms with Gasteiger partial charge in [-0.15, -0.1) is 0 Å². The lowest BCUT2D eigenvalue weighted by Gasteiger charge is -2.18. The van der Waals surface area contributed by atoms with Crippen LogP contribution in [-0.2, 0) is 6.42 Å². The molecule has 4 heteroatoms. The van der Waals surface area contributed by atoms with E-state index in [1.54, 1.807) is 0 Å². The van der Waals surface area contributed by atoms with Crippen LogP contribution in [0.3, 0.4) is 0 Å². The predicted molar refractivity (Wildman–Crippen MR) is 74.9 cm³/mol. The Hall–Kier alpha value is -1.16. The summed E-state index contributed by atoms with van der Waals surface area (Å²) in [6.45, 7) is 5.57. The van der Waals surface area contributed by atoms with Gasteiger partial charge in [-0.3, -0.25) is 0 Å². The molecule has 0 saturated carbocycles. The highest BCUT2D eigenvalue weighted by molar-refractivity contribution is 5.28. The lowest BCUT2D eigenvalue weighted by Crippen LogP contribution is -2.23. The molecule has 1 aliphatic heterocycles. The molecule has 1 aromatic heterocycles. The van der Waals surface area contributed by atoms with Crippen LogP contribution in [0.15, 0.2) is 12.4 Å². The largest absolute Gasteiger partial charge is 0.344 e. The standard InChI is InChI=1S/C14H24N4/c1-3-4-13-10-16-14(17-11-13)18(2)8-6-12-5-7-15-9-12/h10-12,15H,3-9H2,1-2H3. The summed E-state index contributed by atoms with van der Waals surface area (Å²) in [4.78, 5) is 11.0. The lowest BCUT2D eigenvalue weighted by molar-refractivity contribution is 0.531. The van der Waals surface area contributed by atoms with Crippen molar-refractivity contribution in [3.8, 4) is 0 Å². The molecule has 0 amide bonds. The van der Waals surface area contributed by atoms with Crippen LogP contribution in [0.1, 0.15) is 31.7 Å². The van der Waals surface area contributed by atoms with Gasteiger partial charge >= 0.3 is 0 Å². The third-order valence-corrected chi connectivity index (χ3v) is 3.61. The Kier molecular flexibility index (Phi) is 4.93. The zero-order chi connectivity index (χ0) is 12.8. The molecule has 0 radical (unpaired) electrons. The van der Waals surface area contributed by atoms with E-state index in [2.05, 4.69) is 34.2 Å². The monoisotopic (exact) mass is 248 g/mol. The third kappa shape index (κ3) is 3.67. The Bertz CT molecular complexity index is 343. The highest BCUT2D eigenvalue weighted by Gasteiger charge is 2.15. The van der Waals surface area contributed by atoms with Crippen LogP contribution in [0.5, 0.6) is 0 Å². The summed E-state index contributed by atoms with van der Waals surface area (Å²) in [6, 6.07) is 0. The highest BCUT2D eigenvalue weighted by Crippen LogP contribution is 2.14. The lowest BCUT2D eigenvalue weighted by atomic mass is 10.1. The fraction of sp³-hybridized carbons (Fsp3) is 0.714. The molecule has 100 valence electrons. The molecule has 1 N–H and O–H groups in total.